The minimum absolute atomic E-state index is 0.0741. The third-order valence-corrected chi connectivity index (χ3v) is 4.87. The van der Waals surface area contributed by atoms with E-state index in [0.717, 1.165) is 11.0 Å². The maximum absolute atomic E-state index is 12.0. The largest absolute Gasteiger partial charge is 0.477 e. The number of nitrogens with zero attached hydrogens (tertiary/aromatic N) is 2. The fourth-order valence-electron chi connectivity index (χ4n) is 3.79. The van der Waals surface area contributed by atoms with Crippen LogP contribution in [0.1, 0.15) is 21.0 Å². The van der Waals surface area contributed by atoms with E-state index in [9.17, 15) is 19.8 Å². The number of benzene rings is 2. The first-order valence-corrected chi connectivity index (χ1v) is 8.05. The number of hydrogen-bond donors (Lipinski definition) is 2. The van der Waals surface area contributed by atoms with Crippen LogP contribution in [0.5, 0.6) is 0 Å². The number of carbonyl (C=O) groups is 2. The zero-order valence-electron chi connectivity index (χ0n) is 14.2. The number of carboxylic acids is 2. The molecule has 2 aromatic carbocycles. The SMILES string of the molecule is Cn1c(C(=O)O)c(-c2c(C(=O)O)n(C)c3ccccc23)c2ccccc21. The van der Waals surface area contributed by atoms with Crippen molar-refractivity contribution in [1.82, 2.24) is 9.13 Å². The molecule has 26 heavy (non-hydrogen) atoms. The first kappa shape index (κ1) is 16.0. The van der Waals surface area contributed by atoms with Crippen molar-refractivity contribution < 1.29 is 19.8 Å². The molecular formula is C20H16N2O4. The van der Waals surface area contributed by atoms with Gasteiger partial charge in [0.25, 0.3) is 0 Å². The van der Waals surface area contributed by atoms with Gasteiger partial charge in [-0.1, -0.05) is 36.4 Å². The first-order chi connectivity index (χ1) is 12.4. The molecule has 6 heteroatoms. The number of hydrogen-bond acceptors (Lipinski definition) is 2. The summed E-state index contributed by atoms with van der Waals surface area (Å²) in [4.78, 5) is 24.1. The highest BCUT2D eigenvalue weighted by Gasteiger charge is 2.29. The summed E-state index contributed by atoms with van der Waals surface area (Å²) < 4.78 is 3.20. The summed E-state index contributed by atoms with van der Waals surface area (Å²) in [6.07, 6.45) is 0. The Bertz CT molecular complexity index is 1120. The molecule has 0 aliphatic rings. The molecule has 0 amide bonds. The van der Waals surface area contributed by atoms with Crippen LogP contribution in [-0.2, 0) is 14.1 Å². The van der Waals surface area contributed by atoms with Crippen LogP contribution in [0.4, 0.5) is 0 Å². The highest BCUT2D eigenvalue weighted by atomic mass is 16.4. The average Bonchev–Trinajstić information content (AvgIpc) is 3.07. The van der Waals surface area contributed by atoms with Crippen molar-refractivity contribution in [2.45, 2.75) is 0 Å². The van der Waals surface area contributed by atoms with Gasteiger partial charge in [0.05, 0.1) is 0 Å². The maximum Gasteiger partial charge on any atom is 0.353 e. The minimum atomic E-state index is -1.09. The topological polar surface area (TPSA) is 84.5 Å². The normalized spacial score (nSPS) is 11.3. The molecule has 0 bridgehead atoms. The lowest BCUT2D eigenvalue weighted by Crippen LogP contribution is -2.09. The molecule has 0 spiro atoms. The number of aromatic nitrogens is 2. The van der Waals surface area contributed by atoms with Crippen molar-refractivity contribution >= 4 is 33.7 Å². The Morgan fingerprint density at radius 3 is 1.38 bits per heavy atom. The molecule has 130 valence electrons. The summed E-state index contributed by atoms with van der Waals surface area (Å²) in [5.41, 5.74) is 2.50. The van der Waals surface area contributed by atoms with E-state index in [0.29, 0.717) is 21.9 Å². The molecule has 0 unspecified atom stereocenters. The van der Waals surface area contributed by atoms with Crippen LogP contribution in [0, 0.1) is 0 Å². The molecular weight excluding hydrogens is 332 g/mol. The van der Waals surface area contributed by atoms with E-state index in [1.54, 1.807) is 23.2 Å². The number of fused-ring (bicyclic) bond motifs is 2. The van der Waals surface area contributed by atoms with Gasteiger partial charge in [-0.3, -0.25) is 0 Å². The zero-order valence-corrected chi connectivity index (χ0v) is 14.2. The smallest absolute Gasteiger partial charge is 0.353 e. The van der Waals surface area contributed by atoms with Crippen LogP contribution in [-0.4, -0.2) is 31.3 Å². The molecule has 6 nitrogen and oxygen atoms in total. The zero-order chi connectivity index (χ0) is 18.6. The van der Waals surface area contributed by atoms with Crippen LogP contribution in [0.3, 0.4) is 0 Å². The van der Waals surface area contributed by atoms with Crippen LogP contribution in [0.2, 0.25) is 0 Å². The van der Waals surface area contributed by atoms with Crippen LogP contribution >= 0.6 is 0 Å². The van der Waals surface area contributed by atoms with Crippen molar-refractivity contribution in [2.24, 2.45) is 14.1 Å². The number of aromatic carboxylic acids is 2. The van der Waals surface area contributed by atoms with E-state index in [4.69, 9.17) is 0 Å². The van der Waals surface area contributed by atoms with Crippen LogP contribution in [0.25, 0.3) is 32.9 Å². The van der Waals surface area contributed by atoms with E-state index in [1.165, 1.54) is 0 Å². The Balaban J connectivity index is 2.29. The summed E-state index contributed by atoms with van der Waals surface area (Å²) >= 11 is 0. The number of aryl methyl sites for hydroxylation is 2. The standard InChI is InChI=1S/C20H16N2O4/c1-21-13-9-5-3-7-11(13)15(17(21)19(23)24)16-12-8-4-6-10-14(12)22(2)18(16)20(25)26/h3-10H,1-2H3,(H,23,24)(H,25,26). The predicted octanol–water partition coefficient (Wildman–Crippen LogP) is 3.73. The summed E-state index contributed by atoms with van der Waals surface area (Å²) in [5.74, 6) is -2.19. The fraction of sp³-hybridized carbons (Fsp3) is 0.100. The monoisotopic (exact) mass is 348 g/mol. The third-order valence-electron chi connectivity index (χ3n) is 4.87. The summed E-state index contributed by atoms with van der Waals surface area (Å²) in [5, 5.41) is 21.1. The average molecular weight is 348 g/mol. The van der Waals surface area contributed by atoms with Crippen molar-refractivity contribution in [3.63, 3.8) is 0 Å². The van der Waals surface area contributed by atoms with Gasteiger partial charge in [-0.25, -0.2) is 9.59 Å². The van der Waals surface area contributed by atoms with Gasteiger partial charge in [-0.05, 0) is 12.1 Å². The third kappa shape index (κ3) is 1.99. The Labute approximate surface area is 148 Å². The van der Waals surface area contributed by atoms with Crippen molar-refractivity contribution in [2.75, 3.05) is 0 Å². The second kappa shape index (κ2) is 5.49. The maximum atomic E-state index is 12.0. The predicted molar refractivity (Wildman–Crippen MR) is 98.8 cm³/mol. The second-order valence-electron chi connectivity index (χ2n) is 6.21. The lowest BCUT2D eigenvalue weighted by Gasteiger charge is -2.06. The lowest BCUT2D eigenvalue weighted by molar-refractivity contribution is 0.0674. The minimum Gasteiger partial charge on any atom is -0.477 e. The second-order valence-corrected chi connectivity index (χ2v) is 6.21. The van der Waals surface area contributed by atoms with Crippen LogP contribution in [0.15, 0.2) is 48.5 Å². The highest BCUT2D eigenvalue weighted by Crippen LogP contribution is 2.41. The van der Waals surface area contributed by atoms with E-state index in [-0.39, 0.29) is 11.4 Å². The van der Waals surface area contributed by atoms with Crippen molar-refractivity contribution in [3.05, 3.63) is 59.9 Å². The molecule has 0 radical (unpaired) electrons. The fourth-order valence-corrected chi connectivity index (χ4v) is 3.79. The Morgan fingerprint density at radius 1 is 0.692 bits per heavy atom. The van der Waals surface area contributed by atoms with Gasteiger partial charge in [0, 0.05) is 47.0 Å². The van der Waals surface area contributed by atoms with E-state index < -0.39 is 11.9 Å². The summed E-state index contributed by atoms with van der Waals surface area (Å²) in [6.45, 7) is 0. The van der Waals surface area contributed by atoms with Gasteiger partial charge in [0.15, 0.2) is 0 Å². The van der Waals surface area contributed by atoms with Gasteiger partial charge in [-0.15, -0.1) is 0 Å². The first-order valence-electron chi connectivity index (χ1n) is 8.05. The molecule has 2 aromatic heterocycles. The highest BCUT2D eigenvalue weighted by molar-refractivity contribution is 6.17. The molecule has 0 fully saturated rings. The van der Waals surface area contributed by atoms with Gasteiger partial charge in [0.2, 0.25) is 0 Å². The molecule has 0 saturated heterocycles. The number of para-hydroxylation sites is 2. The van der Waals surface area contributed by atoms with Crippen molar-refractivity contribution in [1.29, 1.82) is 0 Å². The van der Waals surface area contributed by atoms with Gasteiger partial charge < -0.3 is 19.3 Å². The molecule has 0 aliphatic heterocycles. The van der Waals surface area contributed by atoms with E-state index in [2.05, 4.69) is 0 Å². The summed E-state index contributed by atoms with van der Waals surface area (Å²) in [7, 11) is 3.36. The molecule has 0 saturated carbocycles. The van der Waals surface area contributed by atoms with E-state index in [1.807, 2.05) is 48.5 Å². The molecule has 0 atom stereocenters. The van der Waals surface area contributed by atoms with E-state index >= 15 is 0 Å². The molecule has 2 N–H and O–H groups in total. The van der Waals surface area contributed by atoms with Gasteiger partial charge in [-0.2, -0.15) is 0 Å². The quantitative estimate of drug-likeness (QED) is 0.591. The number of carboxylic acid groups (broad SMARTS) is 2. The number of rotatable bonds is 3. The lowest BCUT2D eigenvalue weighted by atomic mass is 9.98. The van der Waals surface area contributed by atoms with Gasteiger partial charge in [0.1, 0.15) is 11.4 Å². The molecule has 2 heterocycles. The molecule has 0 aliphatic carbocycles. The summed E-state index contributed by atoms with van der Waals surface area (Å²) in [6, 6.07) is 14.6. The Morgan fingerprint density at radius 2 is 1.04 bits per heavy atom. The van der Waals surface area contributed by atoms with Crippen molar-refractivity contribution in [3.8, 4) is 11.1 Å². The molecule has 4 aromatic rings. The Kier molecular flexibility index (Phi) is 3.37. The van der Waals surface area contributed by atoms with Crippen LogP contribution < -0.4 is 0 Å². The van der Waals surface area contributed by atoms with Gasteiger partial charge >= 0.3 is 11.9 Å². The Hall–Kier alpha value is -3.54. The molecule has 4 rings (SSSR count).